The lowest BCUT2D eigenvalue weighted by Crippen LogP contribution is -2.10. The Morgan fingerprint density at radius 2 is 2.24 bits per heavy atom. The molecule has 0 aliphatic carbocycles. The van der Waals surface area contributed by atoms with Crippen molar-refractivity contribution in [3.8, 4) is 5.75 Å². The molecule has 0 spiro atoms. The van der Waals surface area contributed by atoms with Crippen molar-refractivity contribution in [3.63, 3.8) is 0 Å². The van der Waals surface area contributed by atoms with Gasteiger partial charge in [-0.15, -0.1) is 11.3 Å². The number of hydrogen-bond donors (Lipinski definition) is 1. The maximum absolute atomic E-state index is 12.1. The molecule has 0 unspecified atom stereocenters. The fourth-order valence-corrected chi connectivity index (χ4v) is 2.43. The predicted molar refractivity (Wildman–Crippen MR) is 83.3 cm³/mol. The van der Waals surface area contributed by atoms with Gasteiger partial charge in [-0.3, -0.25) is 4.79 Å². The van der Waals surface area contributed by atoms with Crippen LogP contribution < -0.4 is 10.1 Å². The average Bonchev–Trinajstić information content (AvgIpc) is 2.97. The van der Waals surface area contributed by atoms with Crippen molar-refractivity contribution in [1.29, 1.82) is 0 Å². The molecule has 1 aromatic heterocycles. The highest BCUT2D eigenvalue weighted by Crippen LogP contribution is 2.20. The van der Waals surface area contributed by atoms with Gasteiger partial charge in [-0.1, -0.05) is 13.0 Å². The Labute approximate surface area is 127 Å². The monoisotopic (exact) mass is 306 g/mol. The summed E-state index contributed by atoms with van der Waals surface area (Å²) in [5.41, 5.74) is 0.696. The molecule has 1 heterocycles. The second-order valence-electron chi connectivity index (χ2n) is 4.30. The SMILES string of the molecule is CCc1ncc(C(=O)Nc2cccc(OCCOC)c2)s1. The van der Waals surface area contributed by atoms with Crippen LogP contribution in [0.5, 0.6) is 5.75 Å². The fraction of sp³-hybridized carbons (Fsp3) is 0.333. The van der Waals surface area contributed by atoms with Crippen molar-refractivity contribution in [3.05, 3.63) is 40.3 Å². The Hall–Kier alpha value is -1.92. The maximum atomic E-state index is 12.1. The minimum atomic E-state index is -0.152. The zero-order chi connectivity index (χ0) is 15.1. The lowest BCUT2D eigenvalue weighted by Gasteiger charge is -2.08. The van der Waals surface area contributed by atoms with Gasteiger partial charge in [0.1, 0.15) is 17.2 Å². The van der Waals surface area contributed by atoms with E-state index in [1.165, 1.54) is 11.3 Å². The molecule has 6 heteroatoms. The largest absolute Gasteiger partial charge is 0.491 e. The number of rotatable bonds is 7. The molecular formula is C15H18N2O3S. The molecule has 0 bridgehead atoms. The Bertz CT molecular complexity index is 598. The smallest absolute Gasteiger partial charge is 0.267 e. The van der Waals surface area contributed by atoms with Crippen LogP contribution in [0.4, 0.5) is 5.69 Å². The minimum absolute atomic E-state index is 0.152. The number of hydrogen-bond acceptors (Lipinski definition) is 5. The molecule has 0 atom stereocenters. The number of nitrogens with zero attached hydrogens (tertiary/aromatic N) is 1. The summed E-state index contributed by atoms with van der Waals surface area (Å²) < 4.78 is 10.4. The molecule has 1 aromatic carbocycles. The Kier molecular flexibility index (Phi) is 5.71. The van der Waals surface area contributed by atoms with Gasteiger partial charge in [-0.2, -0.15) is 0 Å². The maximum Gasteiger partial charge on any atom is 0.267 e. The number of aryl methyl sites for hydroxylation is 1. The lowest BCUT2D eigenvalue weighted by molar-refractivity contribution is 0.103. The van der Waals surface area contributed by atoms with E-state index < -0.39 is 0 Å². The van der Waals surface area contributed by atoms with Gasteiger partial charge in [0.15, 0.2) is 0 Å². The molecule has 2 rings (SSSR count). The molecule has 1 amide bonds. The zero-order valence-electron chi connectivity index (χ0n) is 12.1. The van der Waals surface area contributed by atoms with Crippen LogP contribution in [0.3, 0.4) is 0 Å². The minimum Gasteiger partial charge on any atom is -0.491 e. The van der Waals surface area contributed by atoms with Crippen molar-refractivity contribution in [1.82, 2.24) is 4.98 Å². The van der Waals surface area contributed by atoms with Gasteiger partial charge < -0.3 is 14.8 Å². The van der Waals surface area contributed by atoms with E-state index in [1.54, 1.807) is 19.4 Å². The third-order valence-electron chi connectivity index (χ3n) is 2.73. The van der Waals surface area contributed by atoms with E-state index in [9.17, 15) is 4.79 Å². The van der Waals surface area contributed by atoms with Crippen molar-refractivity contribution >= 4 is 22.9 Å². The summed E-state index contributed by atoms with van der Waals surface area (Å²) in [7, 11) is 1.62. The molecule has 21 heavy (non-hydrogen) atoms. The highest BCUT2D eigenvalue weighted by Gasteiger charge is 2.10. The summed E-state index contributed by atoms with van der Waals surface area (Å²) in [6.45, 7) is 3.02. The Morgan fingerprint density at radius 3 is 2.95 bits per heavy atom. The average molecular weight is 306 g/mol. The first-order valence-electron chi connectivity index (χ1n) is 6.70. The van der Waals surface area contributed by atoms with E-state index >= 15 is 0 Å². The number of thiazole rings is 1. The normalized spacial score (nSPS) is 10.4. The first kappa shape index (κ1) is 15.5. The van der Waals surface area contributed by atoms with E-state index in [-0.39, 0.29) is 5.91 Å². The highest BCUT2D eigenvalue weighted by atomic mass is 32.1. The predicted octanol–water partition coefficient (Wildman–Crippen LogP) is 2.98. The molecule has 0 aliphatic heterocycles. The molecule has 0 fully saturated rings. The second kappa shape index (κ2) is 7.75. The van der Waals surface area contributed by atoms with Gasteiger partial charge in [0, 0.05) is 18.9 Å². The van der Waals surface area contributed by atoms with E-state index in [4.69, 9.17) is 9.47 Å². The van der Waals surface area contributed by atoms with Crippen LogP contribution in [-0.4, -0.2) is 31.2 Å². The van der Waals surface area contributed by atoms with E-state index in [2.05, 4.69) is 10.3 Å². The van der Waals surface area contributed by atoms with Crippen molar-refractivity contribution in [2.24, 2.45) is 0 Å². The van der Waals surface area contributed by atoms with Crippen LogP contribution in [-0.2, 0) is 11.2 Å². The topological polar surface area (TPSA) is 60.5 Å². The molecule has 0 aliphatic rings. The molecule has 2 aromatic rings. The number of amides is 1. The van der Waals surface area contributed by atoms with Gasteiger partial charge in [0.25, 0.3) is 5.91 Å². The van der Waals surface area contributed by atoms with Crippen LogP contribution >= 0.6 is 11.3 Å². The van der Waals surface area contributed by atoms with Crippen molar-refractivity contribution in [2.75, 3.05) is 25.6 Å². The van der Waals surface area contributed by atoms with Gasteiger partial charge in [0.05, 0.1) is 17.8 Å². The molecule has 1 N–H and O–H groups in total. The number of nitrogens with one attached hydrogen (secondary N) is 1. The van der Waals surface area contributed by atoms with Gasteiger partial charge >= 0.3 is 0 Å². The van der Waals surface area contributed by atoms with Gasteiger partial charge in [-0.05, 0) is 18.6 Å². The number of carbonyl (C=O) groups excluding carboxylic acids is 1. The van der Waals surface area contributed by atoms with Crippen LogP contribution in [0.2, 0.25) is 0 Å². The number of aromatic nitrogens is 1. The van der Waals surface area contributed by atoms with Crippen LogP contribution in [0, 0.1) is 0 Å². The highest BCUT2D eigenvalue weighted by molar-refractivity contribution is 7.13. The number of ether oxygens (including phenoxy) is 2. The fourth-order valence-electron chi connectivity index (χ4n) is 1.68. The van der Waals surface area contributed by atoms with Crippen LogP contribution in [0.25, 0.3) is 0 Å². The van der Waals surface area contributed by atoms with Crippen LogP contribution in [0.1, 0.15) is 21.6 Å². The van der Waals surface area contributed by atoms with Gasteiger partial charge in [-0.25, -0.2) is 4.98 Å². The third-order valence-corrected chi connectivity index (χ3v) is 3.87. The Balaban J connectivity index is 1.98. The van der Waals surface area contributed by atoms with Crippen LogP contribution in [0.15, 0.2) is 30.5 Å². The first-order valence-corrected chi connectivity index (χ1v) is 7.52. The standard InChI is InChI=1S/C15H18N2O3S/c1-3-14-16-10-13(21-14)15(18)17-11-5-4-6-12(9-11)20-8-7-19-2/h4-6,9-10H,3,7-8H2,1-2H3,(H,17,18). The molecule has 0 radical (unpaired) electrons. The number of methoxy groups -OCH3 is 1. The Morgan fingerprint density at radius 1 is 1.38 bits per heavy atom. The summed E-state index contributed by atoms with van der Waals surface area (Å²) in [5.74, 6) is 0.546. The molecule has 0 saturated heterocycles. The molecular weight excluding hydrogens is 288 g/mol. The first-order chi connectivity index (χ1) is 10.2. The van der Waals surface area contributed by atoms with E-state index in [0.717, 1.165) is 11.4 Å². The molecule has 0 saturated carbocycles. The lowest BCUT2D eigenvalue weighted by atomic mass is 10.3. The zero-order valence-corrected chi connectivity index (χ0v) is 12.9. The van der Waals surface area contributed by atoms with E-state index in [1.807, 2.05) is 25.1 Å². The summed E-state index contributed by atoms with van der Waals surface area (Å²) in [5, 5.41) is 3.80. The summed E-state index contributed by atoms with van der Waals surface area (Å²) in [4.78, 5) is 16.9. The molecule has 112 valence electrons. The van der Waals surface area contributed by atoms with Gasteiger partial charge in [0.2, 0.25) is 0 Å². The number of benzene rings is 1. The summed E-state index contributed by atoms with van der Waals surface area (Å²) in [6.07, 6.45) is 2.44. The number of carbonyl (C=O) groups is 1. The quantitative estimate of drug-likeness (QED) is 0.799. The van der Waals surface area contributed by atoms with E-state index in [0.29, 0.717) is 29.5 Å². The van der Waals surface area contributed by atoms with Crippen molar-refractivity contribution in [2.45, 2.75) is 13.3 Å². The summed E-state index contributed by atoms with van der Waals surface area (Å²) >= 11 is 1.41. The van der Waals surface area contributed by atoms with Crippen molar-refractivity contribution < 1.29 is 14.3 Å². The second-order valence-corrected chi connectivity index (χ2v) is 5.41. The molecule has 5 nitrogen and oxygen atoms in total. The third kappa shape index (κ3) is 4.54. The summed E-state index contributed by atoms with van der Waals surface area (Å²) in [6, 6.07) is 7.28. The number of anilines is 1.